The van der Waals surface area contributed by atoms with Gasteiger partial charge in [-0.05, 0) is 32.8 Å². The average molecular weight is 340 g/mol. The highest BCUT2D eigenvalue weighted by atomic mass is 16.2. The lowest BCUT2D eigenvalue weighted by molar-refractivity contribution is -0.135. The minimum atomic E-state index is -0.0583. The Hall–Kier alpha value is -2.57. The van der Waals surface area contributed by atoms with Crippen molar-refractivity contribution in [2.45, 2.75) is 46.6 Å². The molecule has 7 nitrogen and oxygen atoms in total. The zero-order chi connectivity index (χ0) is 18.0. The molecule has 1 atom stereocenters. The van der Waals surface area contributed by atoms with Gasteiger partial charge in [-0.25, -0.2) is 15.0 Å². The Bertz CT molecular complexity index is 756. The molecule has 1 saturated heterocycles. The van der Waals surface area contributed by atoms with E-state index in [0.29, 0.717) is 11.8 Å². The molecule has 1 N–H and O–H groups in total. The Kier molecular flexibility index (Phi) is 4.92. The number of nitrogens with zero attached hydrogens (tertiary/aromatic N) is 5. The van der Waals surface area contributed by atoms with Crippen molar-refractivity contribution >= 4 is 17.7 Å². The van der Waals surface area contributed by atoms with Crippen LogP contribution >= 0.6 is 0 Å². The van der Waals surface area contributed by atoms with Gasteiger partial charge in [0.05, 0.1) is 6.04 Å². The van der Waals surface area contributed by atoms with E-state index < -0.39 is 0 Å². The van der Waals surface area contributed by atoms with Crippen LogP contribution in [-0.4, -0.2) is 37.3 Å². The Morgan fingerprint density at radius 3 is 2.56 bits per heavy atom. The fraction of sp³-hybridized carbons (Fsp3) is 0.500. The highest BCUT2D eigenvalue weighted by Gasteiger charge is 2.33. The molecule has 1 aliphatic rings. The van der Waals surface area contributed by atoms with E-state index in [9.17, 15) is 4.79 Å². The van der Waals surface area contributed by atoms with Crippen LogP contribution in [-0.2, 0) is 4.79 Å². The van der Waals surface area contributed by atoms with Gasteiger partial charge in [-0.15, -0.1) is 0 Å². The number of carbonyl (C=O) groups is 1. The number of anilines is 2. The largest absolute Gasteiger partial charge is 0.334 e. The van der Waals surface area contributed by atoms with Crippen LogP contribution in [0.4, 0.5) is 11.8 Å². The second-order valence-electron chi connectivity index (χ2n) is 6.73. The van der Waals surface area contributed by atoms with E-state index in [1.807, 2.05) is 38.7 Å². The standard InChI is InChI=1S/C18H24N6O/c1-11(2)17(25)24-9-5-6-14(24)15-16(20-8-7-19-15)23-18-21-12(3)10-13(4)22-18/h7-8,10-11,14H,5-6,9H2,1-4H3,(H,20,21,22,23)/t14-/m1/s1. The first-order chi connectivity index (χ1) is 12.0. The van der Waals surface area contributed by atoms with Crippen LogP contribution in [0.15, 0.2) is 18.5 Å². The van der Waals surface area contributed by atoms with Gasteiger partial charge in [0.15, 0.2) is 5.82 Å². The van der Waals surface area contributed by atoms with Crippen molar-refractivity contribution in [1.82, 2.24) is 24.8 Å². The lowest BCUT2D eigenvalue weighted by Gasteiger charge is -2.27. The Morgan fingerprint density at radius 2 is 1.88 bits per heavy atom. The van der Waals surface area contributed by atoms with Crippen LogP contribution in [0.1, 0.15) is 49.8 Å². The average Bonchev–Trinajstić information content (AvgIpc) is 3.02. The van der Waals surface area contributed by atoms with Crippen molar-refractivity contribution in [3.8, 4) is 0 Å². The third kappa shape index (κ3) is 3.75. The number of carbonyl (C=O) groups excluding carboxylic acids is 1. The van der Waals surface area contributed by atoms with Crippen molar-refractivity contribution in [2.75, 3.05) is 11.9 Å². The first-order valence-corrected chi connectivity index (χ1v) is 8.66. The summed E-state index contributed by atoms with van der Waals surface area (Å²) in [5.74, 6) is 1.23. The van der Waals surface area contributed by atoms with Crippen molar-refractivity contribution in [2.24, 2.45) is 5.92 Å². The van der Waals surface area contributed by atoms with Crippen LogP contribution in [0.25, 0.3) is 0 Å². The lowest BCUT2D eigenvalue weighted by atomic mass is 10.1. The number of aryl methyl sites for hydroxylation is 2. The van der Waals surface area contributed by atoms with Gasteiger partial charge in [-0.3, -0.25) is 9.78 Å². The van der Waals surface area contributed by atoms with Crippen molar-refractivity contribution in [3.63, 3.8) is 0 Å². The van der Waals surface area contributed by atoms with Crippen molar-refractivity contribution < 1.29 is 4.79 Å². The summed E-state index contributed by atoms with van der Waals surface area (Å²) in [4.78, 5) is 32.2. The topological polar surface area (TPSA) is 83.9 Å². The molecule has 1 amide bonds. The first-order valence-electron chi connectivity index (χ1n) is 8.66. The van der Waals surface area contributed by atoms with Gasteiger partial charge < -0.3 is 10.2 Å². The number of amides is 1. The molecule has 0 saturated carbocycles. The molecule has 3 heterocycles. The van der Waals surface area contributed by atoms with Gasteiger partial charge in [0.1, 0.15) is 5.69 Å². The SMILES string of the molecule is Cc1cc(C)nc(Nc2nccnc2[C@H]2CCCN2C(=O)C(C)C)n1. The predicted octanol–water partition coefficient (Wildman–Crippen LogP) is 2.95. The van der Waals surface area contributed by atoms with E-state index in [-0.39, 0.29) is 17.9 Å². The summed E-state index contributed by atoms with van der Waals surface area (Å²) in [6, 6.07) is 1.86. The van der Waals surface area contributed by atoms with E-state index in [1.54, 1.807) is 12.4 Å². The molecule has 3 rings (SSSR count). The second kappa shape index (κ2) is 7.13. The first kappa shape index (κ1) is 17.3. The van der Waals surface area contributed by atoms with E-state index >= 15 is 0 Å². The van der Waals surface area contributed by atoms with Crippen molar-refractivity contribution in [1.29, 1.82) is 0 Å². The Morgan fingerprint density at radius 1 is 1.20 bits per heavy atom. The molecular weight excluding hydrogens is 316 g/mol. The molecule has 7 heteroatoms. The van der Waals surface area contributed by atoms with Gasteiger partial charge in [-0.1, -0.05) is 13.8 Å². The number of nitrogens with one attached hydrogen (secondary N) is 1. The summed E-state index contributed by atoms with van der Waals surface area (Å²) in [5, 5.41) is 3.19. The van der Waals surface area contributed by atoms with Crippen LogP contribution in [0.5, 0.6) is 0 Å². The monoisotopic (exact) mass is 340 g/mol. The molecule has 0 aliphatic carbocycles. The third-order valence-corrected chi connectivity index (χ3v) is 4.28. The summed E-state index contributed by atoms with van der Waals surface area (Å²) in [5.41, 5.74) is 2.55. The molecule has 1 fully saturated rings. The minimum absolute atomic E-state index is 0.0311. The fourth-order valence-corrected chi connectivity index (χ4v) is 3.22. The van der Waals surface area contributed by atoms with Gasteiger partial charge >= 0.3 is 0 Å². The normalized spacial score (nSPS) is 17.2. The maximum absolute atomic E-state index is 12.5. The molecule has 2 aromatic heterocycles. The number of hydrogen-bond donors (Lipinski definition) is 1. The fourth-order valence-electron chi connectivity index (χ4n) is 3.22. The zero-order valence-corrected chi connectivity index (χ0v) is 15.2. The van der Waals surface area contributed by atoms with Gasteiger partial charge in [0, 0.05) is 36.2 Å². The summed E-state index contributed by atoms with van der Waals surface area (Å²) in [6.45, 7) is 8.47. The molecule has 2 aromatic rings. The third-order valence-electron chi connectivity index (χ3n) is 4.28. The summed E-state index contributed by atoms with van der Waals surface area (Å²) in [6.07, 6.45) is 5.16. The molecular formula is C18H24N6O. The smallest absolute Gasteiger partial charge is 0.228 e. The molecule has 0 bridgehead atoms. The molecule has 25 heavy (non-hydrogen) atoms. The molecule has 1 aliphatic heterocycles. The van der Waals surface area contributed by atoms with E-state index in [1.165, 1.54) is 0 Å². The second-order valence-corrected chi connectivity index (χ2v) is 6.73. The van der Waals surface area contributed by atoms with Crippen LogP contribution < -0.4 is 5.32 Å². The summed E-state index contributed by atoms with van der Waals surface area (Å²) >= 11 is 0. The van der Waals surface area contributed by atoms with Crippen LogP contribution in [0, 0.1) is 19.8 Å². The minimum Gasteiger partial charge on any atom is -0.334 e. The number of likely N-dealkylation sites (tertiary alicyclic amines) is 1. The highest BCUT2D eigenvalue weighted by molar-refractivity contribution is 5.79. The molecule has 0 aromatic carbocycles. The predicted molar refractivity (Wildman–Crippen MR) is 95.3 cm³/mol. The number of rotatable bonds is 4. The number of hydrogen-bond acceptors (Lipinski definition) is 6. The molecule has 0 unspecified atom stereocenters. The zero-order valence-electron chi connectivity index (χ0n) is 15.2. The molecule has 132 valence electrons. The molecule has 0 radical (unpaired) electrons. The van der Waals surface area contributed by atoms with E-state index in [4.69, 9.17) is 0 Å². The maximum Gasteiger partial charge on any atom is 0.228 e. The number of aromatic nitrogens is 4. The quantitative estimate of drug-likeness (QED) is 0.921. The van der Waals surface area contributed by atoms with Gasteiger partial charge in [-0.2, -0.15) is 0 Å². The Balaban J connectivity index is 1.91. The van der Waals surface area contributed by atoms with Crippen molar-refractivity contribution in [3.05, 3.63) is 35.5 Å². The van der Waals surface area contributed by atoms with Crippen LogP contribution in [0.3, 0.4) is 0 Å². The lowest BCUT2D eigenvalue weighted by Crippen LogP contribution is -2.34. The van der Waals surface area contributed by atoms with E-state index in [0.717, 1.165) is 36.5 Å². The summed E-state index contributed by atoms with van der Waals surface area (Å²) < 4.78 is 0. The summed E-state index contributed by atoms with van der Waals surface area (Å²) in [7, 11) is 0. The maximum atomic E-state index is 12.5. The van der Waals surface area contributed by atoms with Crippen LogP contribution in [0.2, 0.25) is 0 Å². The van der Waals surface area contributed by atoms with Gasteiger partial charge in [0.25, 0.3) is 0 Å². The Labute approximate surface area is 147 Å². The molecule has 0 spiro atoms. The van der Waals surface area contributed by atoms with Gasteiger partial charge in [0.2, 0.25) is 11.9 Å². The highest BCUT2D eigenvalue weighted by Crippen LogP contribution is 2.35. The van der Waals surface area contributed by atoms with E-state index in [2.05, 4.69) is 25.3 Å².